The van der Waals surface area contributed by atoms with Crippen LogP contribution < -0.4 is 5.46 Å². The molecule has 3 heterocycles. The molecule has 0 atom stereocenters. The van der Waals surface area contributed by atoms with Gasteiger partial charge in [0, 0.05) is 23.2 Å². The van der Waals surface area contributed by atoms with Gasteiger partial charge in [0.15, 0.2) is 0 Å². The van der Waals surface area contributed by atoms with Gasteiger partial charge >= 0.3 is 13.2 Å². The van der Waals surface area contributed by atoms with Crippen LogP contribution in [0.1, 0.15) is 48.5 Å². The molecule has 8 heteroatoms. The summed E-state index contributed by atoms with van der Waals surface area (Å²) in [6, 6.07) is 1.76. The van der Waals surface area contributed by atoms with Crippen molar-refractivity contribution in [3.05, 3.63) is 23.5 Å². The van der Waals surface area contributed by atoms with E-state index in [1.54, 1.807) is 12.3 Å². The molecule has 3 rings (SSSR count). The van der Waals surface area contributed by atoms with Crippen molar-refractivity contribution in [3.8, 4) is 0 Å². The van der Waals surface area contributed by atoms with E-state index in [1.807, 2.05) is 48.5 Å². The number of hydrogen-bond donors (Lipinski definition) is 0. The molecule has 0 radical (unpaired) electrons. The van der Waals surface area contributed by atoms with Crippen LogP contribution in [0.25, 0.3) is 11.0 Å². The van der Waals surface area contributed by atoms with Gasteiger partial charge < -0.3 is 14.0 Å². The molecule has 0 spiro atoms. The van der Waals surface area contributed by atoms with Crippen molar-refractivity contribution in [1.29, 1.82) is 0 Å². The number of halogens is 1. The van der Waals surface area contributed by atoms with E-state index in [0.29, 0.717) is 21.5 Å². The number of nitrogens with zero attached hydrogens (tertiary/aromatic N) is 2. The molecular formula is C18H24BClN2O4. The normalized spacial score (nSPS) is 19.2. The SMILES string of the molecule is CC(C)(C)OC(=O)n1cc(B2OC(C)(C)C(C)(C)O2)c2cc(Cl)cnc21. The molecule has 1 aliphatic rings. The first-order valence-corrected chi connectivity index (χ1v) is 8.94. The number of fused-ring (bicyclic) bond motifs is 1. The number of carbonyl (C=O) groups is 1. The summed E-state index contributed by atoms with van der Waals surface area (Å²) in [4.78, 5) is 16.9. The average Bonchev–Trinajstić information content (AvgIpc) is 2.91. The van der Waals surface area contributed by atoms with Crippen LogP contribution in [0.4, 0.5) is 4.79 Å². The molecule has 0 aliphatic carbocycles. The molecule has 0 amide bonds. The Hall–Kier alpha value is -1.57. The highest BCUT2D eigenvalue weighted by Crippen LogP contribution is 2.37. The number of hydrogen-bond acceptors (Lipinski definition) is 5. The minimum atomic E-state index is -0.633. The van der Waals surface area contributed by atoms with E-state index in [-0.39, 0.29) is 0 Å². The van der Waals surface area contributed by atoms with Crippen molar-refractivity contribution >= 4 is 41.3 Å². The van der Waals surface area contributed by atoms with E-state index >= 15 is 0 Å². The van der Waals surface area contributed by atoms with Gasteiger partial charge in [0.25, 0.3) is 0 Å². The van der Waals surface area contributed by atoms with Crippen molar-refractivity contribution in [2.24, 2.45) is 0 Å². The van der Waals surface area contributed by atoms with E-state index < -0.39 is 30.0 Å². The molecule has 1 aliphatic heterocycles. The zero-order chi connectivity index (χ0) is 19.5. The second-order valence-corrected chi connectivity index (χ2v) is 8.98. The molecule has 26 heavy (non-hydrogen) atoms. The summed E-state index contributed by atoms with van der Waals surface area (Å²) in [7, 11) is -0.633. The Labute approximate surface area is 158 Å². The van der Waals surface area contributed by atoms with Gasteiger partial charge in [0.2, 0.25) is 0 Å². The number of pyridine rings is 1. The number of rotatable bonds is 1. The van der Waals surface area contributed by atoms with Gasteiger partial charge in [-0.1, -0.05) is 11.6 Å². The monoisotopic (exact) mass is 378 g/mol. The summed E-state index contributed by atoms with van der Waals surface area (Å²) in [6.07, 6.45) is 2.64. The van der Waals surface area contributed by atoms with Crippen LogP contribution in [-0.4, -0.2) is 39.6 Å². The number of ether oxygens (including phenoxy) is 1. The van der Waals surface area contributed by atoms with E-state index in [4.69, 9.17) is 25.6 Å². The molecule has 0 aromatic carbocycles. The van der Waals surface area contributed by atoms with Crippen molar-refractivity contribution in [3.63, 3.8) is 0 Å². The Morgan fingerprint density at radius 2 is 1.81 bits per heavy atom. The maximum absolute atomic E-state index is 12.6. The Balaban J connectivity index is 2.10. The highest BCUT2D eigenvalue weighted by molar-refractivity contribution is 6.65. The molecule has 1 fully saturated rings. The van der Waals surface area contributed by atoms with Crippen LogP contribution in [0.15, 0.2) is 18.5 Å². The zero-order valence-corrected chi connectivity index (χ0v) is 17.0. The molecule has 2 aromatic rings. The van der Waals surface area contributed by atoms with Crippen LogP contribution in [0, 0.1) is 0 Å². The Morgan fingerprint density at radius 1 is 1.23 bits per heavy atom. The van der Waals surface area contributed by atoms with Gasteiger partial charge in [-0.2, -0.15) is 0 Å². The number of carbonyl (C=O) groups excluding carboxylic acids is 1. The molecule has 0 bridgehead atoms. The maximum Gasteiger partial charge on any atom is 0.497 e. The maximum atomic E-state index is 12.6. The summed E-state index contributed by atoms with van der Waals surface area (Å²) in [6.45, 7) is 13.4. The summed E-state index contributed by atoms with van der Waals surface area (Å²) in [5, 5.41) is 1.17. The van der Waals surface area contributed by atoms with Gasteiger partial charge in [-0.05, 0) is 54.5 Å². The summed E-state index contributed by atoms with van der Waals surface area (Å²) < 4.78 is 19.1. The summed E-state index contributed by atoms with van der Waals surface area (Å²) >= 11 is 6.14. The fraction of sp³-hybridized carbons (Fsp3) is 0.556. The fourth-order valence-electron chi connectivity index (χ4n) is 2.71. The number of aromatic nitrogens is 2. The lowest BCUT2D eigenvalue weighted by Crippen LogP contribution is -2.41. The van der Waals surface area contributed by atoms with Gasteiger partial charge in [-0.3, -0.25) is 0 Å². The van der Waals surface area contributed by atoms with Crippen molar-refractivity contribution < 1.29 is 18.8 Å². The summed E-state index contributed by atoms with van der Waals surface area (Å²) in [5.41, 5.74) is -0.466. The van der Waals surface area contributed by atoms with Gasteiger partial charge in [-0.25, -0.2) is 14.3 Å². The zero-order valence-electron chi connectivity index (χ0n) is 16.2. The first-order chi connectivity index (χ1) is 11.8. The second kappa shape index (κ2) is 5.97. The molecule has 0 unspecified atom stereocenters. The van der Waals surface area contributed by atoms with Crippen LogP contribution in [0.3, 0.4) is 0 Å². The minimum Gasteiger partial charge on any atom is -0.443 e. The lowest BCUT2D eigenvalue weighted by molar-refractivity contribution is 0.00578. The predicted molar refractivity (Wildman–Crippen MR) is 102 cm³/mol. The van der Waals surface area contributed by atoms with Crippen LogP contribution in [0.2, 0.25) is 5.02 Å². The molecule has 0 saturated carbocycles. The highest BCUT2D eigenvalue weighted by Gasteiger charge is 2.52. The van der Waals surface area contributed by atoms with Crippen LogP contribution in [0.5, 0.6) is 0 Å². The van der Waals surface area contributed by atoms with E-state index in [1.165, 1.54) is 10.8 Å². The molecule has 0 N–H and O–H groups in total. The lowest BCUT2D eigenvalue weighted by atomic mass is 9.79. The minimum absolute atomic E-state index is 0.452. The van der Waals surface area contributed by atoms with E-state index in [2.05, 4.69) is 4.98 Å². The van der Waals surface area contributed by atoms with Crippen LogP contribution in [-0.2, 0) is 14.0 Å². The van der Waals surface area contributed by atoms with Gasteiger partial charge in [-0.15, -0.1) is 0 Å². The van der Waals surface area contributed by atoms with Crippen molar-refractivity contribution in [1.82, 2.24) is 9.55 Å². The van der Waals surface area contributed by atoms with Gasteiger partial charge in [0.1, 0.15) is 11.2 Å². The first-order valence-electron chi connectivity index (χ1n) is 8.56. The molecule has 1 saturated heterocycles. The third-order valence-electron chi connectivity index (χ3n) is 4.74. The highest BCUT2D eigenvalue weighted by atomic mass is 35.5. The van der Waals surface area contributed by atoms with E-state index in [0.717, 1.165) is 0 Å². The Bertz CT molecular complexity index is 854. The third kappa shape index (κ3) is 3.35. The molecule has 2 aromatic heterocycles. The van der Waals surface area contributed by atoms with Crippen LogP contribution >= 0.6 is 11.6 Å². The quantitative estimate of drug-likeness (QED) is 0.707. The lowest BCUT2D eigenvalue weighted by Gasteiger charge is -2.32. The largest absolute Gasteiger partial charge is 0.497 e. The molecule has 140 valence electrons. The van der Waals surface area contributed by atoms with Gasteiger partial charge in [0.05, 0.1) is 16.2 Å². The summed E-state index contributed by atoms with van der Waals surface area (Å²) in [5.74, 6) is 0. The average molecular weight is 379 g/mol. The topological polar surface area (TPSA) is 62.6 Å². The smallest absolute Gasteiger partial charge is 0.443 e. The predicted octanol–water partition coefficient (Wildman–Crippen LogP) is 3.77. The standard InChI is InChI=1S/C18H24BClN2O4/c1-16(2,3)24-15(23)22-10-13(12-8-11(20)9-21-14(12)22)19-25-17(4,5)18(6,7)26-19/h8-10H,1-7H3. The van der Waals surface area contributed by atoms with Crippen molar-refractivity contribution in [2.75, 3.05) is 0 Å². The van der Waals surface area contributed by atoms with E-state index in [9.17, 15) is 4.79 Å². The molecular weight excluding hydrogens is 354 g/mol. The second-order valence-electron chi connectivity index (χ2n) is 8.55. The molecule has 6 nitrogen and oxygen atoms in total. The fourth-order valence-corrected chi connectivity index (χ4v) is 2.87. The third-order valence-corrected chi connectivity index (χ3v) is 4.94. The first kappa shape index (κ1) is 19.2. The Morgan fingerprint density at radius 3 is 2.35 bits per heavy atom. The van der Waals surface area contributed by atoms with Crippen molar-refractivity contribution in [2.45, 2.75) is 65.3 Å². The Kier molecular flexibility index (Phi) is 4.41.